The van der Waals surface area contributed by atoms with Crippen LogP contribution in [-0.2, 0) is 11.2 Å². The minimum absolute atomic E-state index is 0.207. The van der Waals surface area contributed by atoms with E-state index in [4.69, 9.17) is 0 Å². The first-order valence-electron chi connectivity index (χ1n) is 6.55. The van der Waals surface area contributed by atoms with Crippen LogP contribution in [-0.4, -0.2) is 15.3 Å². The van der Waals surface area contributed by atoms with Crippen molar-refractivity contribution in [1.82, 2.24) is 9.38 Å². The smallest absolute Gasteiger partial charge is 0.282 e. The first-order chi connectivity index (χ1) is 10.5. The summed E-state index contributed by atoms with van der Waals surface area (Å²) in [4.78, 5) is 29.4. The summed E-state index contributed by atoms with van der Waals surface area (Å²) in [6.07, 6.45) is 1.86. The highest BCUT2D eigenvalue weighted by atomic mass is 79.9. The van der Waals surface area contributed by atoms with E-state index in [2.05, 4.69) is 26.2 Å². The fourth-order valence-corrected chi connectivity index (χ4v) is 3.11. The van der Waals surface area contributed by atoms with Gasteiger partial charge in [-0.2, -0.15) is 0 Å². The third kappa shape index (κ3) is 2.95. The second-order valence-corrected chi connectivity index (χ2v) is 6.57. The minimum atomic E-state index is -0.257. The van der Waals surface area contributed by atoms with E-state index in [0.717, 1.165) is 10.0 Å². The molecule has 0 unspecified atom stereocenters. The Morgan fingerprint density at radius 2 is 2.09 bits per heavy atom. The van der Waals surface area contributed by atoms with Gasteiger partial charge in [0, 0.05) is 16.0 Å². The maximum atomic E-state index is 12.4. The lowest BCUT2D eigenvalue weighted by molar-refractivity contribution is -0.115. The fourth-order valence-electron chi connectivity index (χ4n) is 2.10. The van der Waals surface area contributed by atoms with E-state index < -0.39 is 0 Å². The highest BCUT2D eigenvalue weighted by molar-refractivity contribution is 9.10. The molecule has 5 nitrogen and oxygen atoms in total. The Balaban J connectivity index is 1.85. The second kappa shape index (κ2) is 6.02. The number of amides is 1. The number of carbonyl (C=O) groups is 1. The van der Waals surface area contributed by atoms with Gasteiger partial charge in [-0.3, -0.25) is 14.0 Å². The molecule has 7 heteroatoms. The topological polar surface area (TPSA) is 63.5 Å². The molecule has 1 aromatic carbocycles. The summed E-state index contributed by atoms with van der Waals surface area (Å²) in [7, 11) is 0. The number of fused-ring (bicyclic) bond motifs is 1. The standard InChI is InChI=1S/C15H12BrN3O2S/c1-9-13(14(21)19-6-7-22-15(19)17-9)18-12(20)8-10-2-4-11(16)5-3-10/h2-7H,8H2,1H3,(H,18,20). The Kier molecular flexibility index (Phi) is 4.08. The van der Waals surface area contributed by atoms with Gasteiger partial charge in [-0.1, -0.05) is 28.1 Å². The van der Waals surface area contributed by atoms with E-state index in [9.17, 15) is 9.59 Å². The first kappa shape index (κ1) is 14.9. The number of thiazole rings is 1. The quantitative estimate of drug-likeness (QED) is 0.762. The zero-order chi connectivity index (χ0) is 15.7. The minimum Gasteiger partial charge on any atom is -0.320 e. The number of benzene rings is 1. The number of hydrogen-bond donors (Lipinski definition) is 1. The van der Waals surface area contributed by atoms with Crippen LogP contribution in [0.3, 0.4) is 0 Å². The number of hydrogen-bond acceptors (Lipinski definition) is 4. The summed E-state index contributed by atoms with van der Waals surface area (Å²) in [5.74, 6) is -0.237. The van der Waals surface area contributed by atoms with Gasteiger partial charge in [0.05, 0.1) is 12.1 Å². The van der Waals surface area contributed by atoms with Crippen molar-refractivity contribution in [1.29, 1.82) is 0 Å². The van der Waals surface area contributed by atoms with Crippen LogP contribution in [0.4, 0.5) is 5.69 Å². The van der Waals surface area contributed by atoms with Crippen molar-refractivity contribution in [3.8, 4) is 0 Å². The summed E-state index contributed by atoms with van der Waals surface area (Å²) in [6.45, 7) is 1.72. The van der Waals surface area contributed by atoms with Crippen LogP contribution in [0.1, 0.15) is 11.3 Å². The van der Waals surface area contributed by atoms with Gasteiger partial charge in [0.25, 0.3) is 5.56 Å². The van der Waals surface area contributed by atoms with E-state index in [0.29, 0.717) is 10.7 Å². The van der Waals surface area contributed by atoms with Gasteiger partial charge < -0.3 is 5.32 Å². The Morgan fingerprint density at radius 1 is 1.36 bits per heavy atom. The lowest BCUT2D eigenvalue weighted by Gasteiger charge is -2.08. The number of anilines is 1. The van der Waals surface area contributed by atoms with Crippen LogP contribution in [0.15, 0.2) is 45.1 Å². The highest BCUT2D eigenvalue weighted by Gasteiger charge is 2.13. The third-order valence-corrected chi connectivity index (χ3v) is 4.47. The molecule has 2 aromatic heterocycles. The van der Waals surface area contributed by atoms with Crippen LogP contribution in [0.2, 0.25) is 0 Å². The average Bonchev–Trinajstić information content (AvgIpc) is 2.94. The van der Waals surface area contributed by atoms with E-state index >= 15 is 0 Å². The molecule has 22 heavy (non-hydrogen) atoms. The molecule has 0 radical (unpaired) electrons. The third-order valence-electron chi connectivity index (χ3n) is 3.19. The van der Waals surface area contributed by atoms with Gasteiger partial charge in [-0.25, -0.2) is 4.98 Å². The number of nitrogens with zero attached hydrogens (tertiary/aromatic N) is 2. The number of aromatic nitrogens is 2. The van der Waals surface area contributed by atoms with Gasteiger partial charge >= 0.3 is 0 Å². The Bertz CT molecular complexity index is 899. The Labute approximate surface area is 138 Å². The SMILES string of the molecule is Cc1nc2sccn2c(=O)c1NC(=O)Cc1ccc(Br)cc1. The number of rotatable bonds is 3. The number of halogens is 1. The highest BCUT2D eigenvalue weighted by Crippen LogP contribution is 2.14. The largest absolute Gasteiger partial charge is 0.320 e. The molecular weight excluding hydrogens is 366 g/mol. The maximum Gasteiger partial charge on any atom is 0.282 e. The van der Waals surface area contributed by atoms with Crippen LogP contribution < -0.4 is 10.9 Å². The zero-order valence-electron chi connectivity index (χ0n) is 11.7. The normalized spacial score (nSPS) is 10.8. The van der Waals surface area contributed by atoms with E-state index in [1.54, 1.807) is 18.5 Å². The molecule has 0 spiro atoms. The first-order valence-corrected chi connectivity index (χ1v) is 8.22. The molecule has 0 aliphatic rings. The zero-order valence-corrected chi connectivity index (χ0v) is 14.1. The molecule has 0 aliphatic heterocycles. The number of nitrogens with one attached hydrogen (secondary N) is 1. The van der Waals surface area contributed by atoms with E-state index in [1.807, 2.05) is 24.3 Å². The fraction of sp³-hybridized carbons (Fsp3) is 0.133. The molecule has 2 heterocycles. The van der Waals surface area contributed by atoms with Gasteiger partial charge in [0.1, 0.15) is 5.69 Å². The lowest BCUT2D eigenvalue weighted by Crippen LogP contribution is -2.25. The summed E-state index contributed by atoms with van der Waals surface area (Å²) in [5.41, 5.74) is 1.38. The molecule has 0 fully saturated rings. The lowest BCUT2D eigenvalue weighted by atomic mass is 10.1. The van der Waals surface area contributed by atoms with Gasteiger partial charge in [0.15, 0.2) is 4.96 Å². The molecular formula is C15H12BrN3O2S. The maximum absolute atomic E-state index is 12.4. The van der Waals surface area contributed by atoms with Gasteiger partial charge in [0.2, 0.25) is 5.91 Å². The number of carbonyl (C=O) groups excluding carboxylic acids is 1. The molecule has 0 saturated carbocycles. The monoisotopic (exact) mass is 377 g/mol. The molecule has 3 rings (SSSR count). The average molecular weight is 378 g/mol. The van der Waals surface area contributed by atoms with Crippen molar-refractivity contribution in [3.63, 3.8) is 0 Å². The van der Waals surface area contributed by atoms with Crippen LogP contribution >= 0.6 is 27.3 Å². The summed E-state index contributed by atoms with van der Waals surface area (Å²) in [6, 6.07) is 7.48. The van der Waals surface area contributed by atoms with Gasteiger partial charge in [-0.15, -0.1) is 11.3 Å². The molecule has 0 aliphatic carbocycles. The van der Waals surface area contributed by atoms with Crippen molar-refractivity contribution < 1.29 is 4.79 Å². The van der Waals surface area contributed by atoms with Crippen molar-refractivity contribution in [2.24, 2.45) is 0 Å². The van der Waals surface area contributed by atoms with Crippen molar-refractivity contribution in [2.75, 3.05) is 5.32 Å². The Morgan fingerprint density at radius 3 is 2.82 bits per heavy atom. The molecule has 1 amide bonds. The molecule has 0 saturated heterocycles. The predicted octanol–water partition coefficient (Wildman–Crippen LogP) is 3.01. The molecule has 0 atom stereocenters. The van der Waals surface area contributed by atoms with Crippen molar-refractivity contribution >= 4 is 43.8 Å². The predicted molar refractivity (Wildman–Crippen MR) is 90.6 cm³/mol. The summed E-state index contributed by atoms with van der Waals surface area (Å²) < 4.78 is 2.39. The molecule has 3 aromatic rings. The molecule has 112 valence electrons. The Hall–Kier alpha value is -1.99. The van der Waals surface area contributed by atoms with Gasteiger partial charge in [-0.05, 0) is 24.6 Å². The summed E-state index contributed by atoms with van der Waals surface area (Å²) >= 11 is 4.73. The van der Waals surface area contributed by atoms with Crippen LogP contribution in [0.25, 0.3) is 4.96 Å². The van der Waals surface area contributed by atoms with E-state index in [1.165, 1.54) is 15.7 Å². The molecule has 0 bridgehead atoms. The summed E-state index contributed by atoms with van der Waals surface area (Å²) in [5, 5.41) is 4.47. The van der Waals surface area contributed by atoms with E-state index in [-0.39, 0.29) is 23.6 Å². The van der Waals surface area contributed by atoms with Crippen molar-refractivity contribution in [3.05, 3.63) is 61.9 Å². The number of aryl methyl sites for hydroxylation is 1. The second-order valence-electron chi connectivity index (χ2n) is 4.78. The van der Waals surface area contributed by atoms with Crippen LogP contribution in [0, 0.1) is 6.92 Å². The van der Waals surface area contributed by atoms with Crippen molar-refractivity contribution in [2.45, 2.75) is 13.3 Å². The van der Waals surface area contributed by atoms with Crippen LogP contribution in [0.5, 0.6) is 0 Å². The molecule has 1 N–H and O–H groups in total.